The number of para-hydroxylation sites is 3. The number of rotatable bonds is 4. The molecule has 0 spiro atoms. The lowest BCUT2D eigenvalue weighted by Gasteiger charge is -2.32. The van der Waals surface area contributed by atoms with Crippen molar-refractivity contribution in [1.82, 2.24) is 9.88 Å². The van der Waals surface area contributed by atoms with Crippen LogP contribution in [0.25, 0.3) is 11.1 Å². The maximum absolute atomic E-state index is 12.6. The summed E-state index contributed by atoms with van der Waals surface area (Å²) in [5.41, 5.74) is 1.72. The van der Waals surface area contributed by atoms with Crippen molar-refractivity contribution in [3.8, 4) is 5.75 Å². The minimum Gasteiger partial charge on any atom is -0.481 e. The molecule has 2 heterocycles. The van der Waals surface area contributed by atoms with Gasteiger partial charge in [-0.2, -0.15) is 0 Å². The molecular formula is C21H22N2O3. The highest BCUT2D eigenvalue weighted by atomic mass is 16.5. The molecule has 1 aliphatic rings. The number of carbonyl (C=O) groups is 1. The quantitative estimate of drug-likeness (QED) is 0.714. The third-order valence-corrected chi connectivity index (χ3v) is 4.87. The van der Waals surface area contributed by atoms with Gasteiger partial charge in [-0.05, 0) is 44.0 Å². The number of carbonyl (C=O) groups excluding carboxylic acids is 1. The number of fused-ring (bicyclic) bond motifs is 1. The molecule has 0 bridgehead atoms. The van der Waals surface area contributed by atoms with Crippen LogP contribution in [0.5, 0.6) is 5.75 Å². The Morgan fingerprint density at radius 1 is 1.12 bits per heavy atom. The Hall–Kier alpha value is -2.82. The molecule has 0 radical (unpaired) electrons. The number of ether oxygens (including phenoxy) is 1. The number of piperidine rings is 1. The van der Waals surface area contributed by atoms with Crippen LogP contribution in [0.1, 0.15) is 31.6 Å². The van der Waals surface area contributed by atoms with Gasteiger partial charge in [0.15, 0.2) is 17.6 Å². The van der Waals surface area contributed by atoms with Crippen molar-refractivity contribution >= 4 is 17.0 Å². The number of likely N-dealkylation sites (tertiary alicyclic amines) is 1. The molecule has 1 aliphatic heterocycles. The Morgan fingerprint density at radius 2 is 1.81 bits per heavy atom. The highest BCUT2D eigenvalue weighted by Gasteiger charge is 2.29. The Kier molecular flexibility index (Phi) is 4.61. The molecule has 1 fully saturated rings. The second-order valence-corrected chi connectivity index (χ2v) is 6.69. The average molecular weight is 350 g/mol. The van der Waals surface area contributed by atoms with Crippen molar-refractivity contribution in [2.75, 3.05) is 13.1 Å². The van der Waals surface area contributed by atoms with Crippen molar-refractivity contribution in [1.29, 1.82) is 0 Å². The zero-order valence-electron chi connectivity index (χ0n) is 14.8. The highest BCUT2D eigenvalue weighted by Crippen LogP contribution is 2.30. The molecule has 1 aromatic heterocycles. The van der Waals surface area contributed by atoms with Crippen molar-refractivity contribution in [3.05, 3.63) is 60.5 Å². The van der Waals surface area contributed by atoms with E-state index in [2.05, 4.69) is 4.98 Å². The van der Waals surface area contributed by atoms with Crippen LogP contribution in [0, 0.1) is 0 Å². The minimum absolute atomic E-state index is 0.0323. The molecule has 4 rings (SSSR count). The average Bonchev–Trinajstić information content (AvgIpc) is 3.12. The predicted octanol–water partition coefficient (Wildman–Crippen LogP) is 4.00. The first-order valence-electron chi connectivity index (χ1n) is 9.06. The third-order valence-electron chi connectivity index (χ3n) is 4.87. The molecule has 134 valence electrons. The number of nitrogens with zero attached hydrogens (tertiary/aromatic N) is 2. The van der Waals surface area contributed by atoms with E-state index >= 15 is 0 Å². The van der Waals surface area contributed by atoms with Crippen LogP contribution >= 0.6 is 0 Å². The van der Waals surface area contributed by atoms with Gasteiger partial charge in [-0.1, -0.05) is 30.3 Å². The third kappa shape index (κ3) is 3.43. The second kappa shape index (κ2) is 7.20. The van der Waals surface area contributed by atoms with E-state index in [0.717, 1.165) is 35.6 Å². The summed E-state index contributed by atoms with van der Waals surface area (Å²) in [6, 6.07) is 17.3. The fraction of sp³-hybridized carbons (Fsp3) is 0.333. The van der Waals surface area contributed by atoms with Crippen LogP contribution < -0.4 is 4.74 Å². The van der Waals surface area contributed by atoms with E-state index in [9.17, 15) is 4.79 Å². The van der Waals surface area contributed by atoms with Gasteiger partial charge in [0.2, 0.25) is 0 Å². The first-order valence-corrected chi connectivity index (χ1v) is 9.06. The van der Waals surface area contributed by atoms with Crippen LogP contribution in [0.4, 0.5) is 0 Å². The summed E-state index contributed by atoms with van der Waals surface area (Å²) in [5, 5.41) is 0. The normalized spacial score (nSPS) is 16.6. The lowest BCUT2D eigenvalue weighted by Crippen LogP contribution is -2.44. The first-order chi connectivity index (χ1) is 12.7. The number of oxazole rings is 1. The molecule has 5 nitrogen and oxygen atoms in total. The van der Waals surface area contributed by atoms with Gasteiger partial charge in [0, 0.05) is 19.0 Å². The van der Waals surface area contributed by atoms with E-state index in [0.29, 0.717) is 13.1 Å². The largest absolute Gasteiger partial charge is 0.481 e. The van der Waals surface area contributed by atoms with Crippen LogP contribution in [0.15, 0.2) is 59.0 Å². The molecule has 26 heavy (non-hydrogen) atoms. The van der Waals surface area contributed by atoms with E-state index in [-0.39, 0.29) is 11.8 Å². The summed E-state index contributed by atoms with van der Waals surface area (Å²) in [4.78, 5) is 19.1. The maximum atomic E-state index is 12.6. The van der Waals surface area contributed by atoms with Crippen LogP contribution in [0.3, 0.4) is 0 Å². The molecule has 0 saturated carbocycles. The standard InChI is InChI=1S/C21H22N2O3/c1-15(25-17-7-3-2-4-8-17)21(24)23-13-11-16(12-14-23)20-22-18-9-5-6-10-19(18)26-20/h2-10,15-16H,11-14H2,1H3. The fourth-order valence-corrected chi connectivity index (χ4v) is 3.42. The van der Waals surface area contributed by atoms with Crippen molar-refractivity contribution < 1.29 is 13.9 Å². The van der Waals surface area contributed by atoms with E-state index in [1.54, 1.807) is 0 Å². The van der Waals surface area contributed by atoms with E-state index in [4.69, 9.17) is 9.15 Å². The highest BCUT2D eigenvalue weighted by molar-refractivity contribution is 5.81. The van der Waals surface area contributed by atoms with Gasteiger partial charge >= 0.3 is 0 Å². The maximum Gasteiger partial charge on any atom is 0.263 e. The van der Waals surface area contributed by atoms with Gasteiger partial charge in [0.1, 0.15) is 11.3 Å². The molecule has 1 unspecified atom stereocenters. The predicted molar refractivity (Wildman–Crippen MR) is 99.1 cm³/mol. The van der Waals surface area contributed by atoms with E-state index in [1.807, 2.05) is 66.4 Å². The molecule has 5 heteroatoms. The van der Waals surface area contributed by atoms with Gasteiger partial charge in [-0.15, -0.1) is 0 Å². The Balaban J connectivity index is 1.36. The molecule has 2 aromatic carbocycles. The molecule has 0 N–H and O–H groups in total. The van der Waals surface area contributed by atoms with E-state index < -0.39 is 6.10 Å². The summed E-state index contributed by atoms with van der Waals surface area (Å²) >= 11 is 0. The molecular weight excluding hydrogens is 328 g/mol. The summed E-state index contributed by atoms with van der Waals surface area (Å²) < 4.78 is 11.6. The summed E-state index contributed by atoms with van der Waals surface area (Å²) in [7, 11) is 0. The summed E-state index contributed by atoms with van der Waals surface area (Å²) in [6.45, 7) is 3.21. The lowest BCUT2D eigenvalue weighted by atomic mass is 9.96. The monoisotopic (exact) mass is 350 g/mol. The van der Waals surface area contributed by atoms with Crippen LogP contribution in [-0.2, 0) is 4.79 Å². The molecule has 1 amide bonds. The second-order valence-electron chi connectivity index (χ2n) is 6.69. The molecule has 1 atom stereocenters. The van der Waals surface area contributed by atoms with Crippen molar-refractivity contribution in [3.63, 3.8) is 0 Å². The van der Waals surface area contributed by atoms with Crippen LogP contribution in [0.2, 0.25) is 0 Å². The van der Waals surface area contributed by atoms with Gasteiger partial charge in [0.25, 0.3) is 5.91 Å². The van der Waals surface area contributed by atoms with Gasteiger partial charge in [-0.3, -0.25) is 4.79 Å². The van der Waals surface area contributed by atoms with Crippen LogP contribution in [-0.4, -0.2) is 35.0 Å². The zero-order chi connectivity index (χ0) is 17.9. The number of benzene rings is 2. The molecule has 1 saturated heterocycles. The van der Waals surface area contributed by atoms with Gasteiger partial charge < -0.3 is 14.1 Å². The van der Waals surface area contributed by atoms with Gasteiger partial charge in [0.05, 0.1) is 0 Å². The van der Waals surface area contributed by atoms with Gasteiger partial charge in [-0.25, -0.2) is 4.98 Å². The number of aromatic nitrogens is 1. The topological polar surface area (TPSA) is 55.6 Å². The molecule has 0 aliphatic carbocycles. The molecule has 3 aromatic rings. The van der Waals surface area contributed by atoms with Crippen molar-refractivity contribution in [2.24, 2.45) is 0 Å². The minimum atomic E-state index is -0.488. The van der Waals surface area contributed by atoms with E-state index in [1.165, 1.54) is 0 Å². The number of hydrogen-bond acceptors (Lipinski definition) is 4. The number of amides is 1. The first kappa shape index (κ1) is 16.6. The Labute approximate surface area is 152 Å². The fourth-order valence-electron chi connectivity index (χ4n) is 3.42. The van der Waals surface area contributed by atoms with Crippen molar-refractivity contribution in [2.45, 2.75) is 31.8 Å². The summed E-state index contributed by atoms with van der Waals surface area (Å²) in [6.07, 6.45) is 1.23. The summed E-state index contributed by atoms with van der Waals surface area (Å²) in [5.74, 6) is 1.79. The Morgan fingerprint density at radius 3 is 2.54 bits per heavy atom. The Bertz CT molecular complexity index is 849. The number of hydrogen-bond donors (Lipinski definition) is 0. The SMILES string of the molecule is CC(Oc1ccccc1)C(=O)N1CCC(c2nc3ccccc3o2)CC1. The smallest absolute Gasteiger partial charge is 0.263 e. The zero-order valence-corrected chi connectivity index (χ0v) is 14.8. The lowest BCUT2D eigenvalue weighted by molar-refractivity contribution is -0.139.